The molecule has 0 radical (unpaired) electrons. The van der Waals surface area contributed by atoms with Gasteiger partial charge in [0.15, 0.2) is 0 Å². The van der Waals surface area contributed by atoms with Crippen LogP contribution in [-0.4, -0.2) is 22.7 Å². The number of benzene rings is 1. The number of rotatable bonds is 9. The molecule has 0 fully saturated rings. The number of unbranched alkanes of at least 4 members (excludes halogenated alkanes) is 1. The molecule has 1 N–H and O–H groups in total. The topological polar surface area (TPSA) is 39.1 Å². The van der Waals surface area contributed by atoms with Gasteiger partial charge in [-0.1, -0.05) is 25.5 Å². The van der Waals surface area contributed by atoms with E-state index in [1.165, 1.54) is 5.56 Å². The molecule has 1 aromatic carbocycles. The summed E-state index contributed by atoms with van der Waals surface area (Å²) in [5.74, 6) is 2.07. The molecule has 0 aliphatic rings. The summed E-state index contributed by atoms with van der Waals surface area (Å²) in [7, 11) is 2.03. The van der Waals surface area contributed by atoms with Crippen LogP contribution in [0.15, 0.2) is 36.7 Å². The summed E-state index contributed by atoms with van der Waals surface area (Å²) in [6, 6.07) is 8.33. The molecule has 0 unspecified atom stereocenters. The van der Waals surface area contributed by atoms with Crippen molar-refractivity contribution < 1.29 is 4.74 Å². The number of hydrogen-bond donors (Lipinski definition) is 1. The Hall–Kier alpha value is -1.81. The van der Waals surface area contributed by atoms with E-state index >= 15 is 0 Å². The van der Waals surface area contributed by atoms with Crippen LogP contribution >= 0.6 is 0 Å². The number of ether oxygens (including phenoxy) is 1. The lowest BCUT2D eigenvalue weighted by Crippen LogP contribution is -2.18. The Morgan fingerprint density at radius 3 is 2.71 bits per heavy atom. The van der Waals surface area contributed by atoms with Crippen molar-refractivity contribution in [2.45, 2.75) is 32.7 Å². The van der Waals surface area contributed by atoms with E-state index in [9.17, 15) is 0 Å². The number of nitrogens with one attached hydrogen (secondary N) is 1. The van der Waals surface area contributed by atoms with E-state index in [4.69, 9.17) is 4.74 Å². The Bertz CT molecular complexity index is 519. The maximum Gasteiger partial charge on any atom is 0.119 e. The largest absolute Gasteiger partial charge is 0.494 e. The van der Waals surface area contributed by atoms with Crippen LogP contribution in [0.2, 0.25) is 0 Å². The molecule has 0 saturated heterocycles. The third-order valence-corrected chi connectivity index (χ3v) is 3.47. The van der Waals surface area contributed by atoms with Crippen LogP contribution in [0.1, 0.15) is 31.2 Å². The first-order chi connectivity index (χ1) is 10.3. The van der Waals surface area contributed by atoms with Gasteiger partial charge in [-0.05, 0) is 24.1 Å². The molecular weight excluding hydrogens is 262 g/mol. The molecule has 0 bridgehead atoms. The number of nitrogens with zero attached hydrogens (tertiary/aromatic N) is 2. The Morgan fingerprint density at radius 1 is 1.24 bits per heavy atom. The van der Waals surface area contributed by atoms with Crippen molar-refractivity contribution in [2.75, 3.05) is 13.2 Å². The molecule has 0 atom stereocenters. The van der Waals surface area contributed by atoms with Gasteiger partial charge in [-0.15, -0.1) is 0 Å². The summed E-state index contributed by atoms with van der Waals surface area (Å²) >= 11 is 0. The molecule has 0 amide bonds. The summed E-state index contributed by atoms with van der Waals surface area (Å²) in [4.78, 5) is 4.31. The van der Waals surface area contributed by atoms with Crippen molar-refractivity contribution in [2.24, 2.45) is 7.05 Å². The van der Waals surface area contributed by atoms with Gasteiger partial charge >= 0.3 is 0 Å². The van der Waals surface area contributed by atoms with E-state index in [-0.39, 0.29) is 0 Å². The second-order valence-electron chi connectivity index (χ2n) is 5.23. The van der Waals surface area contributed by atoms with E-state index in [1.54, 1.807) is 0 Å². The van der Waals surface area contributed by atoms with Crippen LogP contribution in [0.25, 0.3) is 0 Å². The summed E-state index contributed by atoms with van der Waals surface area (Å²) in [6.45, 7) is 4.78. The first-order valence-corrected chi connectivity index (χ1v) is 7.68. The minimum atomic E-state index is 0.803. The first-order valence-electron chi connectivity index (χ1n) is 7.68. The molecule has 2 rings (SSSR count). The fraction of sp³-hybridized carbons (Fsp3) is 0.471. The standard InChI is InChI=1S/C17H25N3O/c1-3-4-13-21-16-7-5-15(6-8-16)14-18-10-9-17-19-11-12-20(17)2/h5-8,11-12,18H,3-4,9-10,13-14H2,1-2H3. The predicted octanol–water partition coefficient (Wildman–Crippen LogP) is 2.93. The van der Waals surface area contributed by atoms with Gasteiger partial charge in [0.05, 0.1) is 6.61 Å². The number of aryl methyl sites for hydroxylation is 1. The highest BCUT2D eigenvalue weighted by Crippen LogP contribution is 2.12. The van der Waals surface area contributed by atoms with Crippen molar-refractivity contribution in [3.8, 4) is 5.75 Å². The summed E-state index contributed by atoms with van der Waals surface area (Å²) in [5.41, 5.74) is 1.28. The molecule has 0 aliphatic carbocycles. The van der Waals surface area contributed by atoms with Crippen LogP contribution in [0.3, 0.4) is 0 Å². The molecule has 4 heteroatoms. The van der Waals surface area contributed by atoms with Crippen molar-refractivity contribution in [3.63, 3.8) is 0 Å². The summed E-state index contributed by atoms with van der Waals surface area (Å²) < 4.78 is 7.72. The monoisotopic (exact) mass is 287 g/mol. The smallest absolute Gasteiger partial charge is 0.119 e. The molecule has 2 aromatic rings. The minimum Gasteiger partial charge on any atom is -0.494 e. The molecule has 0 aliphatic heterocycles. The Balaban J connectivity index is 1.67. The van der Waals surface area contributed by atoms with Gasteiger partial charge in [-0.2, -0.15) is 0 Å². The van der Waals surface area contributed by atoms with Crippen LogP contribution in [0.5, 0.6) is 5.75 Å². The predicted molar refractivity (Wildman–Crippen MR) is 85.5 cm³/mol. The minimum absolute atomic E-state index is 0.803. The van der Waals surface area contributed by atoms with E-state index in [0.29, 0.717) is 0 Å². The Kier molecular flexibility index (Phi) is 6.28. The number of hydrogen-bond acceptors (Lipinski definition) is 3. The third-order valence-electron chi connectivity index (χ3n) is 3.47. The lowest BCUT2D eigenvalue weighted by atomic mass is 10.2. The Morgan fingerprint density at radius 2 is 2.05 bits per heavy atom. The molecular formula is C17H25N3O. The van der Waals surface area contributed by atoms with Crippen LogP contribution < -0.4 is 10.1 Å². The summed E-state index contributed by atoms with van der Waals surface area (Å²) in [6.07, 6.45) is 7.04. The SMILES string of the molecule is CCCCOc1ccc(CNCCc2nccn2C)cc1. The summed E-state index contributed by atoms with van der Waals surface area (Å²) in [5, 5.41) is 3.44. The van der Waals surface area contributed by atoms with Crippen molar-refractivity contribution in [1.29, 1.82) is 0 Å². The third kappa shape index (κ3) is 5.23. The molecule has 4 nitrogen and oxygen atoms in total. The molecule has 0 saturated carbocycles. The fourth-order valence-electron chi connectivity index (χ4n) is 2.11. The highest BCUT2D eigenvalue weighted by molar-refractivity contribution is 5.27. The second-order valence-corrected chi connectivity index (χ2v) is 5.23. The maximum absolute atomic E-state index is 5.66. The second kappa shape index (κ2) is 8.47. The molecule has 0 spiro atoms. The normalized spacial score (nSPS) is 10.8. The van der Waals surface area contributed by atoms with Crippen LogP contribution in [-0.2, 0) is 20.0 Å². The highest BCUT2D eigenvalue weighted by atomic mass is 16.5. The van der Waals surface area contributed by atoms with Gasteiger partial charge in [0.25, 0.3) is 0 Å². The highest BCUT2D eigenvalue weighted by Gasteiger charge is 1.99. The average Bonchev–Trinajstić information content (AvgIpc) is 2.91. The van der Waals surface area contributed by atoms with E-state index in [1.807, 2.05) is 31.6 Å². The lowest BCUT2D eigenvalue weighted by Gasteiger charge is -2.08. The van der Waals surface area contributed by atoms with Gasteiger partial charge < -0.3 is 14.6 Å². The van der Waals surface area contributed by atoms with Gasteiger partial charge in [-0.25, -0.2) is 4.98 Å². The van der Waals surface area contributed by atoms with E-state index in [0.717, 1.165) is 50.5 Å². The van der Waals surface area contributed by atoms with Gasteiger partial charge in [0.2, 0.25) is 0 Å². The molecule has 114 valence electrons. The van der Waals surface area contributed by atoms with Gasteiger partial charge in [0, 0.05) is 39.0 Å². The van der Waals surface area contributed by atoms with Crippen LogP contribution in [0, 0.1) is 0 Å². The number of aromatic nitrogens is 2. The quantitative estimate of drug-likeness (QED) is 0.721. The zero-order chi connectivity index (χ0) is 14.9. The zero-order valence-corrected chi connectivity index (χ0v) is 13.0. The van der Waals surface area contributed by atoms with E-state index < -0.39 is 0 Å². The van der Waals surface area contributed by atoms with Crippen molar-refractivity contribution in [3.05, 3.63) is 48.0 Å². The molecule has 1 aromatic heterocycles. The van der Waals surface area contributed by atoms with Gasteiger partial charge in [-0.3, -0.25) is 0 Å². The Labute approximate surface area is 127 Å². The maximum atomic E-state index is 5.66. The van der Waals surface area contributed by atoms with E-state index in [2.05, 4.69) is 33.9 Å². The molecule has 1 heterocycles. The lowest BCUT2D eigenvalue weighted by molar-refractivity contribution is 0.309. The first kappa shape index (κ1) is 15.6. The van der Waals surface area contributed by atoms with Gasteiger partial charge in [0.1, 0.15) is 11.6 Å². The number of imidazole rings is 1. The zero-order valence-electron chi connectivity index (χ0n) is 13.0. The van der Waals surface area contributed by atoms with Crippen molar-refractivity contribution >= 4 is 0 Å². The van der Waals surface area contributed by atoms with Crippen molar-refractivity contribution in [1.82, 2.24) is 14.9 Å². The average molecular weight is 287 g/mol. The van der Waals surface area contributed by atoms with Crippen LogP contribution in [0.4, 0.5) is 0 Å². The fourth-order valence-corrected chi connectivity index (χ4v) is 2.11. The molecule has 21 heavy (non-hydrogen) atoms.